The Morgan fingerprint density at radius 3 is 1.57 bits per heavy atom. The van der Waals surface area contributed by atoms with Crippen molar-refractivity contribution in [1.29, 1.82) is 0 Å². The van der Waals surface area contributed by atoms with Gasteiger partial charge in [0, 0.05) is 5.56 Å². The van der Waals surface area contributed by atoms with E-state index in [1.54, 1.807) is 24.3 Å². The van der Waals surface area contributed by atoms with Gasteiger partial charge < -0.3 is 19.3 Å². The van der Waals surface area contributed by atoms with Crippen LogP contribution in [0.15, 0.2) is 129 Å². The van der Waals surface area contributed by atoms with E-state index in [1.165, 1.54) is 6.21 Å². The lowest BCUT2D eigenvalue weighted by Crippen LogP contribution is -2.18. The molecule has 5 rings (SSSR count). The van der Waals surface area contributed by atoms with Crippen LogP contribution in [0.25, 0.3) is 0 Å². The molecule has 0 aliphatic heterocycles. The van der Waals surface area contributed by atoms with E-state index in [4.69, 9.17) is 14.2 Å². The lowest BCUT2D eigenvalue weighted by molar-refractivity contribution is 0.0953. The molecule has 0 atom stereocenters. The third-order valence-electron chi connectivity index (χ3n) is 6.40. The van der Waals surface area contributed by atoms with Crippen LogP contribution in [0.2, 0.25) is 0 Å². The minimum Gasteiger partial charge on any atom is -0.506 e. The van der Waals surface area contributed by atoms with Crippen LogP contribution < -0.4 is 19.6 Å². The first-order valence-corrected chi connectivity index (χ1v) is 15.2. The zero-order chi connectivity index (χ0) is 30.7. The summed E-state index contributed by atoms with van der Waals surface area (Å²) >= 11 is 6.60. The lowest BCUT2D eigenvalue weighted by atomic mass is 10.1. The average molecular weight is 716 g/mol. The number of ether oxygens (including phenoxy) is 3. The molecule has 0 aromatic heterocycles. The Morgan fingerprint density at radius 1 is 0.682 bits per heavy atom. The first kappa shape index (κ1) is 30.8. The van der Waals surface area contributed by atoms with E-state index in [-0.39, 0.29) is 31.1 Å². The second-order valence-electron chi connectivity index (χ2n) is 9.66. The number of phenols is 1. The molecule has 44 heavy (non-hydrogen) atoms. The van der Waals surface area contributed by atoms with E-state index in [9.17, 15) is 9.90 Å². The van der Waals surface area contributed by atoms with Crippen LogP contribution in [0.3, 0.4) is 0 Å². The van der Waals surface area contributed by atoms with Gasteiger partial charge >= 0.3 is 0 Å². The summed E-state index contributed by atoms with van der Waals surface area (Å²) in [6.07, 6.45) is 1.48. The summed E-state index contributed by atoms with van der Waals surface area (Å²) < 4.78 is 19.8. The van der Waals surface area contributed by atoms with Crippen molar-refractivity contribution >= 4 is 44.0 Å². The van der Waals surface area contributed by atoms with Crippen LogP contribution in [0.4, 0.5) is 0 Å². The Bertz CT molecular complexity index is 1650. The van der Waals surface area contributed by atoms with Crippen LogP contribution >= 0.6 is 31.9 Å². The van der Waals surface area contributed by atoms with Crippen molar-refractivity contribution in [3.05, 3.63) is 152 Å². The minimum absolute atomic E-state index is 0.0758. The topological polar surface area (TPSA) is 89.4 Å². The molecule has 5 aromatic rings. The van der Waals surface area contributed by atoms with Gasteiger partial charge in [0.05, 0.1) is 15.2 Å². The van der Waals surface area contributed by atoms with E-state index < -0.39 is 5.91 Å². The van der Waals surface area contributed by atoms with Crippen molar-refractivity contribution in [2.45, 2.75) is 19.8 Å². The molecule has 0 bridgehead atoms. The third kappa shape index (κ3) is 8.49. The van der Waals surface area contributed by atoms with Gasteiger partial charge in [-0.05, 0) is 78.4 Å². The smallest absolute Gasteiger partial charge is 0.271 e. The van der Waals surface area contributed by atoms with Gasteiger partial charge in [0.1, 0.15) is 25.6 Å². The molecule has 0 spiro atoms. The number of benzene rings is 5. The maximum atomic E-state index is 13.3. The molecule has 0 aliphatic carbocycles. The molecular formula is C35H28Br2N2O5. The van der Waals surface area contributed by atoms with E-state index in [0.717, 1.165) is 16.7 Å². The van der Waals surface area contributed by atoms with Crippen LogP contribution in [0, 0.1) is 0 Å². The maximum Gasteiger partial charge on any atom is 0.271 e. The summed E-state index contributed by atoms with van der Waals surface area (Å²) in [5, 5.41) is 14.1. The van der Waals surface area contributed by atoms with Gasteiger partial charge in [-0.1, -0.05) is 91.0 Å². The predicted molar refractivity (Wildman–Crippen MR) is 177 cm³/mol. The zero-order valence-corrected chi connectivity index (χ0v) is 26.6. The summed E-state index contributed by atoms with van der Waals surface area (Å²) in [5.41, 5.74) is 6.38. The van der Waals surface area contributed by atoms with Crippen molar-refractivity contribution in [3.63, 3.8) is 0 Å². The number of hydrazone groups is 1. The molecule has 0 radical (unpaired) electrons. The normalized spacial score (nSPS) is 10.9. The molecule has 9 heteroatoms. The molecular weight excluding hydrogens is 688 g/mol. The first-order valence-electron chi connectivity index (χ1n) is 13.7. The Labute approximate surface area is 272 Å². The summed E-state index contributed by atoms with van der Waals surface area (Å²) in [6, 6.07) is 35.9. The molecule has 7 nitrogen and oxygen atoms in total. The molecule has 0 saturated heterocycles. The number of amides is 1. The highest BCUT2D eigenvalue weighted by atomic mass is 79.9. The maximum absolute atomic E-state index is 13.3. The zero-order valence-electron chi connectivity index (χ0n) is 23.5. The molecule has 0 heterocycles. The van der Waals surface area contributed by atoms with E-state index >= 15 is 0 Å². The second kappa shape index (κ2) is 15.2. The number of nitrogens with zero attached hydrogens (tertiary/aromatic N) is 1. The van der Waals surface area contributed by atoms with Crippen molar-refractivity contribution in [2.24, 2.45) is 5.10 Å². The largest absolute Gasteiger partial charge is 0.506 e. The summed E-state index contributed by atoms with van der Waals surface area (Å²) in [6.45, 7) is 0.792. The fourth-order valence-corrected chi connectivity index (χ4v) is 5.38. The van der Waals surface area contributed by atoms with Gasteiger partial charge in [-0.2, -0.15) is 5.10 Å². The predicted octanol–water partition coefficient (Wildman–Crippen LogP) is 8.42. The average Bonchev–Trinajstić information content (AvgIpc) is 3.05. The Balaban J connectivity index is 1.45. The summed E-state index contributed by atoms with van der Waals surface area (Å²) in [7, 11) is 0. The van der Waals surface area contributed by atoms with Gasteiger partial charge in [0.25, 0.3) is 5.91 Å². The number of carbonyl (C=O) groups excluding carboxylic acids is 1. The lowest BCUT2D eigenvalue weighted by Gasteiger charge is -2.19. The summed E-state index contributed by atoms with van der Waals surface area (Å²) in [5.74, 6) is 0.708. The van der Waals surface area contributed by atoms with Crippen LogP contribution in [0.5, 0.6) is 23.0 Å². The third-order valence-corrected chi connectivity index (χ3v) is 7.61. The van der Waals surface area contributed by atoms with Gasteiger partial charge in [0.15, 0.2) is 11.5 Å². The van der Waals surface area contributed by atoms with Crippen LogP contribution in [0.1, 0.15) is 32.6 Å². The van der Waals surface area contributed by atoms with Crippen molar-refractivity contribution in [3.8, 4) is 23.0 Å². The van der Waals surface area contributed by atoms with Gasteiger partial charge in [-0.25, -0.2) is 5.43 Å². The molecule has 222 valence electrons. The number of aromatic hydroxyl groups is 1. The van der Waals surface area contributed by atoms with Crippen LogP contribution in [-0.4, -0.2) is 17.2 Å². The number of nitrogens with one attached hydrogen (secondary N) is 1. The molecule has 1 amide bonds. The van der Waals surface area contributed by atoms with E-state index in [0.29, 0.717) is 31.8 Å². The molecule has 2 N–H and O–H groups in total. The fourth-order valence-electron chi connectivity index (χ4n) is 4.15. The molecule has 0 fully saturated rings. The van der Waals surface area contributed by atoms with Gasteiger partial charge in [-0.15, -0.1) is 0 Å². The van der Waals surface area contributed by atoms with Gasteiger partial charge in [-0.3, -0.25) is 4.79 Å². The SMILES string of the molecule is O=C(NN=Cc1cc(Br)c(O)c(Br)c1)c1cc(OCc2ccccc2)c(OCc2ccccc2)c(OCc2ccccc2)c1. The van der Waals surface area contributed by atoms with Crippen LogP contribution in [-0.2, 0) is 19.8 Å². The number of hydrogen-bond donors (Lipinski definition) is 2. The monoisotopic (exact) mass is 714 g/mol. The highest BCUT2D eigenvalue weighted by molar-refractivity contribution is 9.11. The minimum atomic E-state index is -0.470. The number of rotatable bonds is 12. The Morgan fingerprint density at radius 2 is 1.11 bits per heavy atom. The fraction of sp³-hybridized carbons (Fsp3) is 0.0857. The Hall–Kier alpha value is -4.60. The quantitative estimate of drug-likeness (QED) is 0.100. The molecule has 0 aliphatic rings. The Kier molecular flexibility index (Phi) is 10.7. The number of halogens is 2. The van der Waals surface area contributed by atoms with Crippen molar-refractivity contribution in [2.75, 3.05) is 0 Å². The number of hydrogen-bond acceptors (Lipinski definition) is 6. The highest BCUT2D eigenvalue weighted by Crippen LogP contribution is 2.40. The molecule has 5 aromatic carbocycles. The van der Waals surface area contributed by atoms with Gasteiger partial charge in [0.2, 0.25) is 5.75 Å². The number of carbonyl (C=O) groups is 1. The van der Waals surface area contributed by atoms with E-state index in [2.05, 4.69) is 42.4 Å². The van der Waals surface area contributed by atoms with Crippen molar-refractivity contribution < 1.29 is 24.1 Å². The summed E-state index contributed by atoms with van der Waals surface area (Å²) in [4.78, 5) is 13.3. The second-order valence-corrected chi connectivity index (χ2v) is 11.4. The molecule has 0 saturated carbocycles. The highest BCUT2D eigenvalue weighted by Gasteiger charge is 2.20. The van der Waals surface area contributed by atoms with E-state index in [1.807, 2.05) is 91.0 Å². The van der Waals surface area contributed by atoms with Crippen molar-refractivity contribution in [1.82, 2.24) is 5.43 Å². The molecule has 0 unspecified atom stereocenters. The standard InChI is InChI=1S/C35H28Br2N2O5/c36-29-16-27(17-30(37)33(29)40)20-38-39-35(41)28-18-31(42-21-24-10-4-1-5-11-24)34(44-23-26-14-8-3-9-15-26)32(19-28)43-22-25-12-6-2-7-13-25/h1-20,40H,21-23H2,(H,39,41). The first-order chi connectivity index (χ1) is 21.5. The number of phenolic OH excluding ortho intramolecular Hbond substituents is 1.